The molecule has 29 heavy (non-hydrogen) atoms. The van der Waals surface area contributed by atoms with Gasteiger partial charge in [0.25, 0.3) is 0 Å². The number of aliphatic hydroxyl groups is 2. The Morgan fingerprint density at radius 2 is 1.69 bits per heavy atom. The van der Waals surface area contributed by atoms with Crippen LogP contribution in [0.25, 0.3) is 0 Å². The molecule has 4 heteroatoms. The van der Waals surface area contributed by atoms with E-state index in [1.54, 1.807) is 0 Å². The second-order valence-corrected chi connectivity index (χ2v) is 12.1. The second kappa shape index (κ2) is 7.22. The van der Waals surface area contributed by atoms with Gasteiger partial charge in [0.15, 0.2) is 0 Å². The largest absolute Gasteiger partial charge is 0.481 e. The van der Waals surface area contributed by atoms with Crippen molar-refractivity contribution in [2.45, 2.75) is 104 Å². The highest BCUT2D eigenvalue weighted by Crippen LogP contribution is 2.69. The van der Waals surface area contributed by atoms with E-state index in [4.69, 9.17) is 5.11 Å². The summed E-state index contributed by atoms with van der Waals surface area (Å²) in [5.74, 6) is 2.46. The van der Waals surface area contributed by atoms with Crippen LogP contribution in [-0.2, 0) is 4.79 Å². The van der Waals surface area contributed by atoms with Crippen molar-refractivity contribution < 1.29 is 20.1 Å². The first-order valence-electron chi connectivity index (χ1n) is 12.1. The molecule has 4 aliphatic carbocycles. The quantitative estimate of drug-likeness (QED) is 0.622. The molecule has 4 nitrogen and oxygen atoms in total. The number of carboxylic acid groups (broad SMARTS) is 1. The van der Waals surface area contributed by atoms with Gasteiger partial charge in [0.2, 0.25) is 0 Å². The molecule has 4 aliphatic rings. The Labute approximate surface area is 176 Å². The minimum absolute atomic E-state index is 0.139. The first-order valence-corrected chi connectivity index (χ1v) is 12.1. The predicted molar refractivity (Wildman–Crippen MR) is 113 cm³/mol. The molecular weight excluding hydrogens is 364 g/mol. The molecule has 3 unspecified atom stereocenters. The number of aliphatic hydroxyl groups excluding tert-OH is 1. The van der Waals surface area contributed by atoms with E-state index in [2.05, 4.69) is 20.8 Å². The number of rotatable bonds is 4. The molecule has 0 bridgehead atoms. The SMILES string of the molecule is C[C@H](CCC(=O)O)[C@H]1CC[C@H]2[C@@H]3CC(C)(O)C4CC(O)CC[C@]4(C)[C@H]3CC[C@]12C. The minimum Gasteiger partial charge on any atom is -0.481 e. The maximum Gasteiger partial charge on any atom is 0.303 e. The first-order chi connectivity index (χ1) is 13.5. The van der Waals surface area contributed by atoms with Gasteiger partial charge in [-0.1, -0.05) is 20.8 Å². The lowest BCUT2D eigenvalue weighted by Gasteiger charge is -2.65. The van der Waals surface area contributed by atoms with E-state index in [1.165, 1.54) is 25.7 Å². The Morgan fingerprint density at radius 1 is 1.03 bits per heavy atom. The van der Waals surface area contributed by atoms with E-state index in [0.29, 0.717) is 29.6 Å². The van der Waals surface area contributed by atoms with E-state index >= 15 is 0 Å². The maximum absolute atomic E-state index is 11.5. The average molecular weight is 407 g/mol. The van der Waals surface area contributed by atoms with E-state index in [9.17, 15) is 15.0 Å². The van der Waals surface area contributed by atoms with Crippen LogP contribution in [0.1, 0.15) is 91.9 Å². The minimum atomic E-state index is -0.692. The maximum atomic E-state index is 11.5. The zero-order chi connectivity index (χ0) is 21.2. The molecule has 0 aliphatic heterocycles. The number of hydrogen-bond acceptors (Lipinski definition) is 3. The van der Waals surface area contributed by atoms with Crippen LogP contribution in [0.5, 0.6) is 0 Å². The Kier molecular flexibility index (Phi) is 5.38. The molecule has 0 amide bonds. The summed E-state index contributed by atoms with van der Waals surface area (Å²) < 4.78 is 0. The van der Waals surface area contributed by atoms with Gasteiger partial charge in [0.05, 0.1) is 11.7 Å². The predicted octanol–water partition coefficient (Wildman–Crippen LogP) is 4.87. The number of carbonyl (C=O) groups is 1. The summed E-state index contributed by atoms with van der Waals surface area (Å²) in [5.41, 5.74) is -0.269. The summed E-state index contributed by atoms with van der Waals surface area (Å²) in [6.07, 6.45) is 9.28. The van der Waals surface area contributed by atoms with Crippen LogP contribution in [-0.4, -0.2) is 33.0 Å². The summed E-state index contributed by atoms with van der Waals surface area (Å²) in [7, 11) is 0. The van der Waals surface area contributed by atoms with Gasteiger partial charge in [-0.2, -0.15) is 0 Å². The average Bonchev–Trinajstić information content (AvgIpc) is 2.98. The lowest BCUT2D eigenvalue weighted by atomic mass is 9.41. The van der Waals surface area contributed by atoms with Crippen LogP contribution in [0.3, 0.4) is 0 Å². The molecule has 0 aromatic heterocycles. The number of aliphatic carboxylic acids is 1. The van der Waals surface area contributed by atoms with Crippen molar-refractivity contribution in [3.63, 3.8) is 0 Å². The van der Waals surface area contributed by atoms with Gasteiger partial charge >= 0.3 is 5.97 Å². The zero-order valence-electron chi connectivity index (χ0n) is 18.9. The zero-order valence-corrected chi connectivity index (χ0v) is 18.9. The number of carboxylic acids is 1. The lowest BCUT2D eigenvalue weighted by molar-refractivity contribution is -0.210. The fourth-order valence-electron chi connectivity index (χ4n) is 9.26. The van der Waals surface area contributed by atoms with Gasteiger partial charge < -0.3 is 15.3 Å². The molecule has 4 saturated carbocycles. The molecule has 0 aromatic carbocycles. The Bertz CT molecular complexity index is 645. The molecule has 166 valence electrons. The van der Waals surface area contributed by atoms with Crippen molar-refractivity contribution in [1.29, 1.82) is 0 Å². The second-order valence-electron chi connectivity index (χ2n) is 12.1. The summed E-state index contributed by atoms with van der Waals surface area (Å²) >= 11 is 0. The molecule has 3 N–H and O–H groups in total. The highest BCUT2D eigenvalue weighted by Gasteiger charge is 2.64. The fraction of sp³-hybridized carbons (Fsp3) is 0.960. The van der Waals surface area contributed by atoms with Crippen LogP contribution in [0.2, 0.25) is 0 Å². The molecule has 0 aromatic rings. The van der Waals surface area contributed by atoms with Gasteiger partial charge in [-0.05, 0) is 111 Å². The van der Waals surface area contributed by atoms with E-state index in [0.717, 1.165) is 32.1 Å². The third-order valence-corrected chi connectivity index (χ3v) is 10.6. The Balaban J connectivity index is 1.59. The van der Waals surface area contributed by atoms with Crippen LogP contribution in [0.4, 0.5) is 0 Å². The molecule has 4 fully saturated rings. The number of fused-ring (bicyclic) bond motifs is 5. The first kappa shape index (κ1) is 21.6. The monoisotopic (exact) mass is 406 g/mol. The van der Waals surface area contributed by atoms with Gasteiger partial charge in [0.1, 0.15) is 0 Å². The van der Waals surface area contributed by atoms with Crippen molar-refractivity contribution in [1.82, 2.24) is 0 Å². The Hall–Kier alpha value is -0.610. The van der Waals surface area contributed by atoms with Crippen molar-refractivity contribution in [3.05, 3.63) is 0 Å². The summed E-state index contributed by atoms with van der Waals surface area (Å²) in [5, 5.41) is 31.0. The van der Waals surface area contributed by atoms with Crippen LogP contribution in [0, 0.1) is 46.3 Å². The molecule has 0 saturated heterocycles. The van der Waals surface area contributed by atoms with Gasteiger partial charge in [-0.25, -0.2) is 0 Å². The molecule has 0 heterocycles. The van der Waals surface area contributed by atoms with Crippen molar-refractivity contribution in [3.8, 4) is 0 Å². The van der Waals surface area contributed by atoms with Gasteiger partial charge in [-0.3, -0.25) is 4.79 Å². The fourth-order valence-corrected chi connectivity index (χ4v) is 9.26. The highest BCUT2D eigenvalue weighted by atomic mass is 16.4. The summed E-state index contributed by atoms with van der Waals surface area (Å²) in [4.78, 5) is 11.1. The molecule has 0 spiro atoms. The van der Waals surface area contributed by atoms with Crippen LogP contribution >= 0.6 is 0 Å². The van der Waals surface area contributed by atoms with Crippen LogP contribution < -0.4 is 0 Å². The lowest BCUT2D eigenvalue weighted by Crippen LogP contribution is -2.62. The van der Waals surface area contributed by atoms with Crippen molar-refractivity contribution in [2.75, 3.05) is 0 Å². The van der Waals surface area contributed by atoms with Crippen molar-refractivity contribution in [2.24, 2.45) is 46.3 Å². The Morgan fingerprint density at radius 3 is 2.38 bits per heavy atom. The summed E-state index contributed by atoms with van der Waals surface area (Å²) in [6.45, 7) is 9.21. The van der Waals surface area contributed by atoms with E-state index < -0.39 is 11.6 Å². The standard InChI is InChI=1S/C25H42O4/c1-15(5-8-22(27)28)18-6-7-19-17-14-25(4,29)21-13-16(26)9-11-24(21,3)20(17)10-12-23(18,19)2/h15-21,26,29H,5-14H2,1-4H3,(H,27,28)/t15-,16?,17+,18-,19+,20+,21?,23-,24-,25?/m1/s1. The molecule has 4 rings (SSSR count). The van der Waals surface area contributed by atoms with Crippen molar-refractivity contribution >= 4 is 5.97 Å². The topological polar surface area (TPSA) is 77.8 Å². The highest BCUT2D eigenvalue weighted by molar-refractivity contribution is 5.66. The van der Waals surface area contributed by atoms with E-state index in [-0.39, 0.29) is 29.3 Å². The van der Waals surface area contributed by atoms with Gasteiger partial charge in [-0.15, -0.1) is 0 Å². The molecule has 0 radical (unpaired) electrons. The molecular formula is C25H42O4. The summed E-state index contributed by atoms with van der Waals surface area (Å²) in [6, 6.07) is 0. The molecule has 10 atom stereocenters. The normalized spacial score (nSPS) is 52.9. The van der Waals surface area contributed by atoms with E-state index in [1.807, 2.05) is 6.92 Å². The van der Waals surface area contributed by atoms with Crippen LogP contribution in [0.15, 0.2) is 0 Å². The third-order valence-electron chi connectivity index (χ3n) is 10.6. The third kappa shape index (κ3) is 3.37. The number of hydrogen-bond donors (Lipinski definition) is 3. The smallest absolute Gasteiger partial charge is 0.303 e. The van der Waals surface area contributed by atoms with Gasteiger partial charge in [0, 0.05) is 6.42 Å².